The molecule has 1 saturated heterocycles. The van der Waals surface area contributed by atoms with E-state index in [2.05, 4.69) is 5.32 Å². The maximum atomic E-state index is 14.6. The van der Waals surface area contributed by atoms with E-state index in [0.29, 0.717) is 22.5 Å². The van der Waals surface area contributed by atoms with Crippen molar-refractivity contribution in [2.24, 2.45) is 0 Å². The molecule has 11 nitrogen and oxygen atoms in total. The van der Waals surface area contributed by atoms with Gasteiger partial charge < -0.3 is 24.3 Å². The molecule has 3 aliphatic rings. The minimum atomic E-state index is -1.96. The molecule has 2 aromatic rings. The Balaban J connectivity index is 1.79. The highest BCUT2D eigenvalue weighted by Crippen LogP contribution is 2.57. The fraction of sp³-hybridized carbons (Fsp3) is 0.406. The van der Waals surface area contributed by atoms with E-state index in [0.717, 1.165) is 0 Å². The van der Waals surface area contributed by atoms with Crippen LogP contribution in [-0.4, -0.2) is 58.4 Å². The number of carbonyl (C=O) groups is 5. The topological polar surface area (TPSA) is 138 Å². The van der Waals surface area contributed by atoms with E-state index in [1.165, 1.54) is 46.4 Å². The highest BCUT2D eigenvalue weighted by atomic mass is 16.7. The van der Waals surface area contributed by atoms with Gasteiger partial charge in [-0.3, -0.25) is 28.9 Å². The van der Waals surface area contributed by atoms with Crippen LogP contribution in [0.5, 0.6) is 0 Å². The van der Waals surface area contributed by atoms with E-state index in [1.54, 1.807) is 62.4 Å². The van der Waals surface area contributed by atoms with Crippen LogP contribution in [0.15, 0.2) is 48.5 Å². The molecule has 11 heteroatoms. The average Bonchev–Trinajstić information content (AvgIpc) is 3.37. The van der Waals surface area contributed by atoms with Crippen molar-refractivity contribution in [2.45, 2.75) is 84.0 Å². The zero-order valence-corrected chi connectivity index (χ0v) is 25.3. The van der Waals surface area contributed by atoms with Crippen molar-refractivity contribution in [3.05, 3.63) is 59.7 Å². The number of hydrogen-bond donors (Lipinski definition) is 1. The Morgan fingerprint density at radius 3 is 1.88 bits per heavy atom. The van der Waals surface area contributed by atoms with Crippen LogP contribution in [0.4, 0.5) is 11.4 Å². The summed E-state index contributed by atoms with van der Waals surface area (Å²) in [6.07, 6.45) is -1.43. The van der Waals surface area contributed by atoms with Crippen molar-refractivity contribution in [2.75, 3.05) is 10.2 Å². The van der Waals surface area contributed by atoms with Crippen LogP contribution in [0.25, 0.3) is 11.1 Å². The number of nitrogens with zero attached hydrogens (tertiary/aromatic N) is 1. The summed E-state index contributed by atoms with van der Waals surface area (Å²) in [6, 6.07) is 13.9. The molecule has 2 aromatic carbocycles. The molecule has 0 radical (unpaired) electrons. The molecule has 4 atom stereocenters. The largest absolute Gasteiger partial charge is 0.452 e. The Bertz CT molecular complexity index is 1630. The Morgan fingerprint density at radius 2 is 1.28 bits per heavy atom. The van der Waals surface area contributed by atoms with Gasteiger partial charge in [-0.25, -0.2) is 0 Å². The van der Waals surface area contributed by atoms with Crippen molar-refractivity contribution in [1.29, 1.82) is 0 Å². The Kier molecular flexibility index (Phi) is 6.81. The summed E-state index contributed by atoms with van der Waals surface area (Å²) in [5.74, 6) is -3.24. The standard InChI is InChI=1S/C32H34N2O9/c1-17(35)40-30(6)28(43-29(4,5)31(7,41-18(2)36)32(30,8)42-19(3)37)34-23-16-12-10-14-21(23)25(27(34)39)24-20-13-9-11-15-22(20)33-26(24)38/h9-16,28H,1-8H3,(H,33,38)/b25-24+. The van der Waals surface area contributed by atoms with Crippen molar-refractivity contribution >= 4 is 52.2 Å². The van der Waals surface area contributed by atoms with Gasteiger partial charge in [-0.2, -0.15) is 0 Å². The third kappa shape index (κ3) is 4.16. The molecular weight excluding hydrogens is 556 g/mol. The van der Waals surface area contributed by atoms with Crippen LogP contribution in [0.1, 0.15) is 66.5 Å². The van der Waals surface area contributed by atoms with E-state index < -0.39 is 58.4 Å². The fourth-order valence-electron chi connectivity index (χ4n) is 6.61. The van der Waals surface area contributed by atoms with Crippen LogP contribution in [0.2, 0.25) is 0 Å². The van der Waals surface area contributed by atoms with Crippen LogP contribution < -0.4 is 10.2 Å². The number of ether oxygens (including phenoxy) is 4. The van der Waals surface area contributed by atoms with Gasteiger partial charge in [0.15, 0.2) is 23.0 Å². The molecule has 0 aliphatic carbocycles. The second kappa shape index (κ2) is 9.77. The molecule has 43 heavy (non-hydrogen) atoms. The van der Waals surface area contributed by atoms with Crippen LogP contribution in [0.3, 0.4) is 0 Å². The molecule has 0 bridgehead atoms. The van der Waals surface area contributed by atoms with Crippen molar-refractivity contribution < 1.29 is 42.9 Å². The summed E-state index contributed by atoms with van der Waals surface area (Å²) in [5, 5.41) is 2.82. The van der Waals surface area contributed by atoms with E-state index in [4.69, 9.17) is 18.9 Å². The number of para-hydroxylation sites is 2. The molecule has 226 valence electrons. The Hall–Kier alpha value is -4.51. The first-order chi connectivity index (χ1) is 20.0. The van der Waals surface area contributed by atoms with E-state index in [1.807, 2.05) is 0 Å². The molecule has 3 heterocycles. The number of amides is 2. The molecule has 0 saturated carbocycles. The molecular formula is C32H34N2O9. The zero-order valence-electron chi connectivity index (χ0n) is 25.3. The Morgan fingerprint density at radius 1 is 0.744 bits per heavy atom. The predicted octanol–water partition coefficient (Wildman–Crippen LogP) is 4.00. The lowest BCUT2D eigenvalue weighted by Crippen LogP contribution is -2.84. The quantitative estimate of drug-likeness (QED) is 0.318. The monoisotopic (exact) mass is 590 g/mol. The van der Waals surface area contributed by atoms with Gasteiger partial charge in [-0.15, -0.1) is 0 Å². The smallest absolute Gasteiger partial charge is 0.303 e. The van der Waals surface area contributed by atoms with Crippen LogP contribution in [0, 0.1) is 0 Å². The van der Waals surface area contributed by atoms with Gasteiger partial charge in [0.05, 0.1) is 16.8 Å². The van der Waals surface area contributed by atoms with E-state index >= 15 is 0 Å². The van der Waals surface area contributed by atoms with Crippen molar-refractivity contribution in [1.82, 2.24) is 0 Å². The fourth-order valence-corrected chi connectivity index (χ4v) is 6.61. The summed E-state index contributed by atoms with van der Waals surface area (Å²) < 4.78 is 24.4. The SMILES string of the molecule is CC(=O)OC1(C)C(N2C(=O)/C(=C3/C(=O)Nc4ccccc43)c3ccccc32)OC(C)(C)C(C)(OC(C)=O)C1(C)OC(C)=O. The summed E-state index contributed by atoms with van der Waals surface area (Å²) in [4.78, 5) is 67.1. The first kappa shape index (κ1) is 30.0. The number of anilines is 2. The number of esters is 3. The predicted molar refractivity (Wildman–Crippen MR) is 155 cm³/mol. The first-order valence-electron chi connectivity index (χ1n) is 13.8. The highest BCUT2D eigenvalue weighted by Gasteiger charge is 2.77. The Labute approximate surface area is 249 Å². The molecule has 5 rings (SSSR count). The third-order valence-corrected chi connectivity index (χ3v) is 8.96. The molecule has 2 amide bonds. The number of hydrogen-bond acceptors (Lipinski definition) is 9. The number of fused-ring (bicyclic) bond motifs is 2. The molecule has 1 N–H and O–H groups in total. The summed E-state index contributed by atoms with van der Waals surface area (Å²) in [7, 11) is 0. The van der Waals surface area contributed by atoms with Crippen molar-refractivity contribution in [3.63, 3.8) is 0 Å². The summed E-state index contributed by atoms with van der Waals surface area (Å²) in [5.41, 5.74) is -4.73. The number of benzene rings is 2. The third-order valence-electron chi connectivity index (χ3n) is 8.96. The van der Waals surface area contributed by atoms with Crippen molar-refractivity contribution in [3.8, 4) is 0 Å². The normalized spacial score (nSPS) is 30.7. The lowest BCUT2D eigenvalue weighted by molar-refractivity contribution is -0.366. The second-order valence-electron chi connectivity index (χ2n) is 11.9. The molecule has 0 spiro atoms. The van der Waals surface area contributed by atoms with Crippen LogP contribution in [-0.2, 0) is 42.9 Å². The van der Waals surface area contributed by atoms with Gasteiger partial charge in [0.1, 0.15) is 5.60 Å². The van der Waals surface area contributed by atoms with Gasteiger partial charge in [-0.1, -0.05) is 36.4 Å². The molecule has 3 aliphatic heterocycles. The minimum Gasteiger partial charge on any atom is -0.452 e. The van der Waals surface area contributed by atoms with Gasteiger partial charge in [0, 0.05) is 37.6 Å². The number of carbonyl (C=O) groups excluding carboxylic acids is 5. The highest BCUT2D eigenvalue weighted by molar-refractivity contribution is 6.49. The molecule has 1 fully saturated rings. The van der Waals surface area contributed by atoms with E-state index in [-0.39, 0.29) is 11.1 Å². The van der Waals surface area contributed by atoms with Gasteiger partial charge in [-0.05, 0) is 46.8 Å². The minimum absolute atomic E-state index is 0.132. The van der Waals surface area contributed by atoms with Gasteiger partial charge >= 0.3 is 17.9 Å². The first-order valence-corrected chi connectivity index (χ1v) is 13.8. The maximum absolute atomic E-state index is 14.6. The van der Waals surface area contributed by atoms with Gasteiger partial charge in [0.25, 0.3) is 11.8 Å². The lowest BCUT2D eigenvalue weighted by Gasteiger charge is -2.64. The van der Waals surface area contributed by atoms with Crippen LogP contribution >= 0.6 is 0 Å². The number of nitrogens with one attached hydrogen (secondary N) is 1. The van der Waals surface area contributed by atoms with Gasteiger partial charge in [0.2, 0.25) is 0 Å². The molecule has 0 aromatic heterocycles. The summed E-state index contributed by atoms with van der Waals surface area (Å²) >= 11 is 0. The summed E-state index contributed by atoms with van der Waals surface area (Å²) in [6.45, 7) is 11.3. The zero-order chi connectivity index (χ0) is 31.7. The lowest BCUT2D eigenvalue weighted by atomic mass is 9.62. The second-order valence-corrected chi connectivity index (χ2v) is 11.9. The average molecular weight is 591 g/mol. The number of rotatable bonds is 4. The van der Waals surface area contributed by atoms with E-state index in [9.17, 15) is 24.0 Å². The molecule has 4 unspecified atom stereocenters. The maximum Gasteiger partial charge on any atom is 0.303 e.